The second-order valence-electron chi connectivity index (χ2n) is 5.49. The van der Waals surface area contributed by atoms with Gasteiger partial charge in [0.25, 0.3) is 5.56 Å². The number of carboxylic acids is 1. The summed E-state index contributed by atoms with van der Waals surface area (Å²) in [6.07, 6.45) is 3.70. The minimum atomic E-state index is -0.966. The van der Waals surface area contributed by atoms with Gasteiger partial charge in [0.15, 0.2) is 0 Å². The van der Waals surface area contributed by atoms with E-state index in [9.17, 15) is 14.7 Å². The first-order chi connectivity index (χ1) is 9.50. The predicted octanol–water partition coefficient (Wildman–Crippen LogP) is 1.65. The molecule has 1 aliphatic heterocycles. The van der Waals surface area contributed by atoms with Crippen LogP contribution in [0, 0.1) is 13.8 Å². The van der Waals surface area contributed by atoms with Gasteiger partial charge in [0.2, 0.25) is 0 Å². The smallest absolute Gasteiger partial charge is 0.337 e. The Morgan fingerprint density at radius 2 is 1.85 bits per heavy atom. The van der Waals surface area contributed by atoms with E-state index in [2.05, 4.69) is 4.90 Å². The number of hydrogen-bond acceptors (Lipinski definition) is 3. The van der Waals surface area contributed by atoms with E-state index in [1.165, 1.54) is 25.3 Å². The van der Waals surface area contributed by atoms with Gasteiger partial charge < -0.3 is 14.6 Å². The Morgan fingerprint density at radius 3 is 2.45 bits per heavy atom. The normalized spacial score (nSPS) is 16.3. The summed E-state index contributed by atoms with van der Waals surface area (Å²) >= 11 is 0. The number of nitrogens with zero attached hydrogens (tertiary/aromatic N) is 2. The molecule has 0 aromatic carbocycles. The number of likely N-dealkylation sites (tertiary alicyclic amines) is 1. The number of aromatic nitrogens is 1. The van der Waals surface area contributed by atoms with Crippen molar-refractivity contribution in [3.8, 4) is 0 Å². The third-order valence-corrected chi connectivity index (χ3v) is 4.07. The third kappa shape index (κ3) is 3.10. The topological polar surface area (TPSA) is 62.5 Å². The minimum Gasteiger partial charge on any atom is -0.478 e. The van der Waals surface area contributed by atoms with Gasteiger partial charge >= 0.3 is 5.97 Å². The van der Waals surface area contributed by atoms with Gasteiger partial charge in [-0.1, -0.05) is 6.42 Å². The highest BCUT2D eigenvalue weighted by atomic mass is 16.4. The van der Waals surface area contributed by atoms with E-state index >= 15 is 0 Å². The summed E-state index contributed by atoms with van der Waals surface area (Å²) in [5, 5.41) is 9.25. The van der Waals surface area contributed by atoms with Crippen LogP contribution in [0.2, 0.25) is 0 Å². The SMILES string of the molecule is Cc1cc(=O)n(CCN2CCCCC2)c(C)c1C(=O)O. The maximum absolute atomic E-state index is 12.1. The molecule has 2 rings (SSSR count). The molecular formula is C15H22N2O3. The lowest BCUT2D eigenvalue weighted by atomic mass is 10.1. The molecule has 0 unspecified atom stereocenters. The summed E-state index contributed by atoms with van der Waals surface area (Å²) < 4.78 is 1.59. The zero-order chi connectivity index (χ0) is 14.7. The van der Waals surface area contributed by atoms with Crippen molar-refractivity contribution in [2.24, 2.45) is 0 Å². The van der Waals surface area contributed by atoms with Crippen LogP contribution in [0.5, 0.6) is 0 Å². The first-order valence-electron chi connectivity index (χ1n) is 7.17. The summed E-state index contributed by atoms with van der Waals surface area (Å²) in [6.45, 7) is 6.91. The number of aromatic carboxylic acids is 1. The highest BCUT2D eigenvalue weighted by Gasteiger charge is 2.16. The third-order valence-electron chi connectivity index (χ3n) is 4.07. The molecule has 0 amide bonds. The van der Waals surface area contributed by atoms with Crippen LogP contribution in [0.4, 0.5) is 0 Å². The van der Waals surface area contributed by atoms with Crippen LogP contribution >= 0.6 is 0 Å². The van der Waals surface area contributed by atoms with Gasteiger partial charge in [-0.2, -0.15) is 0 Å². The fourth-order valence-corrected chi connectivity index (χ4v) is 2.95. The Labute approximate surface area is 118 Å². The molecule has 5 nitrogen and oxygen atoms in total. The van der Waals surface area contributed by atoms with E-state index < -0.39 is 5.97 Å². The molecule has 0 bridgehead atoms. The molecule has 0 atom stereocenters. The molecule has 1 fully saturated rings. The molecule has 0 spiro atoms. The molecule has 2 heterocycles. The Hall–Kier alpha value is -1.62. The summed E-state index contributed by atoms with van der Waals surface area (Å²) in [6, 6.07) is 1.42. The van der Waals surface area contributed by atoms with E-state index in [1.807, 2.05) is 0 Å². The Morgan fingerprint density at radius 1 is 1.20 bits per heavy atom. The van der Waals surface area contributed by atoms with Crippen molar-refractivity contribution in [1.82, 2.24) is 9.47 Å². The zero-order valence-corrected chi connectivity index (χ0v) is 12.2. The van der Waals surface area contributed by atoms with Crippen LogP contribution < -0.4 is 5.56 Å². The number of aryl methyl sites for hydroxylation is 1. The molecule has 20 heavy (non-hydrogen) atoms. The van der Waals surface area contributed by atoms with Gasteiger partial charge in [-0.05, 0) is 45.3 Å². The monoisotopic (exact) mass is 278 g/mol. The second-order valence-corrected chi connectivity index (χ2v) is 5.49. The van der Waals surface area contributed by atoms with Crippen LogP contribution in [-0.2, 0) is 6.54 Å². The summed E-state index contributed by atoms with van der Waals surface area (Å²) in [4.78, 5) is 25.7. The van der Waals surface area contributed by atoms with Crippen molar-refractivity contribution >= 4 is 5.97 Å². The molecule has 110 valence electrons. The number of carbonyl (C=O) groups is 1. The maximum atomic E-state index is 12.1. The first kappa shape index (κ1) is 14.8. The lowest BCUT2D eigenvalue weighted by molar-refractivity contribution is 0.0694. The highest BCUT2D eigenvalue weighted by Crippen LogP contribution is 2.12. The number of rotatable bonds is 4. The van der Waals surface area contributed by atoms with E-state index in [1.54, 1.807) is 18.4 Å². The molecular weight excluding hydrogens is 256 g/mol. The Kier molecular flexibility index (Phi) is 4.60. The van der Waals surface area contributed by atoms with Crippen molar-refractivity contribution in [3.05, 3.63) is 33.2 Å². The van der Waals surface area contributed by atoms with Crippen LogP contribution in [0.1, 0.15) is 40.9 Å². The van der Waals surface area contributed by atoms with Crippen LogP contribution in [0.25, 0.3) is 0 Å². The highest BCUT2D eigenvalue weighted by molar-refractivity contribution is 5.90. The molecule has 1 aliphatic rings. The van der Waals surface area contributed by atoms with Gasteiger partial charge in [-0.25, -0.2) is 4.79 Å². The predicted molar refractivity (Wildman–Crippen MR) is 77.4 cm³/mol. The van der Waals surface area contributed by atoms with E-state index in [0.29, 0.717) is 17.8 Å². The molecule has 1 aromatic rings. The van der Waals surface area contributed by atoms with Crippen molar-refractivity contribution in [2.45, 2.75) is 39.7 Å². The minimum absolute atomic E-state index is 0.109. The summed E-state index contributed by atoms with van der Waals surface area (Å²) in [5.74, 6) is -0.966. The average Bonchev–Trinajstić information content (AvgIpc) is 2.38. The first-order valence-corrected chi connectivity index (χ1v) is 7.17. The largest absolute Gasteiger partial charge is 0.478 e. The molecule has 0 radical (unpaired) electrons. The Balaban J connectivity index is 2.20. The fourth-order valence-electron chi connectivity index (χ4n) is 2.95. The van der Waals surface area contributed by atoms with E-state index in [0.717, 1.165) is 19.6 Å². The number of piperidine rings is 1. The molecule has 1 saturated heterocycles. The van der Waals surface area contributed by atoms with Crippen molar-refractivity contribution in [2.75, 3.05) is 19.6 Å². The Bertz CT molecular complexity index is 557. The summed E-state index contributed by atoms with van der Waals surface area (Å²) in [7, 11) is 0. The van der Waals surface area contributed by atoms with Gasteiger partial charge in [-0.15, -0.1) is 0 Å². The van der Waals surface area contributed by atoms with Gasteiger partial charge in [0.1, 0.15) is 0 Å². The van der Waals surface area contributed by atoms with Gasteiger partial charge in [0, 0.05) is 24.8 Å². The van der Waals surface area contributed by atoms with Gasteiger partial charge in [-0.3, -0.25) is 4.79 Å². The quantitative estimate of drug-likeness (QED) is 0.909. The van der Waals surface area contributed by atoms with Gasteiger partial charge in [0.05, 0.1) is 5.56 Å². The van der Waals surface area contributed by atoms with Crippen molar-refractivity contribution in [1.29, 1.82) is 0 Å². The molecule has 1 N–H and O–H groups in total. The average molecular weight is 278 g/mol. The second kappa shape index (κ2) is 6.22. The van der Waals surface area contributed by atoms with E-state index in [4.69, 9.17) is 0 Å². The van der Waals surface area contributed by atoms with Crippen LogP contribution in [0.3, 0.4) is 0 Å². The van der Waals surface area contributed by atoms with E-state index in [-0.39, 0.29) is 11.1 Å². The van der Waals surface area contributed by atoms with Crippen molar-refractivity contribution < 1.29 is 9.90 Å². The standard InChI is InChI=1S/C15H22N2O3/c1-11-10-13(18)17(12(2)14(11)15(19)20)9-8-16-6-4-3-5-7-16/h10H,3-9H2,1-2H3,(H,19,20). The molecule has 0 aliphatic carbocycles. The number of pyridine rings is 1. The molecule has 1 aromatic heterocycles. The van der Waals surface area contributed by atoms with Crippen LogP contribution in [0.15, 0.2) is 10.9 Å². The zero-order valence-electron chi connectivity index (χ0n) is 12.2. The number of carboxylic acid groups (broad SMARTS) is 1. The molecule has 5 heteroatoms. The number of hydrogen-bond donors (Lipinski definition) is 1. The lowest BCUT2D eigenvalue weighted by Crippen LogP contribution is -2.35. The summed E-state index contributed by atoms with van der Waals surface area (Å²) in [5.41, 5.74) is 1.24. The fraction of sp³-hybridized carbons (Fsp3) is 0.600. The maximum Gasteiger partial charge on any atom is 0.337 e. The van der Waals surface area contributed by atoms with Crippen molar-refractivity contribution in [3.63, 3.8) is 0 Å². The van der Waals surface area contributed by atoms with Crippen LogP contribution in [-0.4, -0.2) is 40.2 Å². The lowest BCUT2D eigenvalue weighted by Gasteiger charge is -2.27. The molecule has 0 saturated carbocycles.